The molecule has 2 aromatic heterocycles. The second kappa shape index (κ2) is 8.47. The summed E-state index contributed by atoms with van der Waals surface area (Å²) < 4.78 is 52.8. The van der Waals surface area contributed by atoms with Crippen LogP contribution in [0.3, 0.4) is 0 Å². The van der Waals surface area contributed by atoms with Crippen LogP contribution in [0.15, 0.2) is 47.3 Å². The number of aryl methyl sites for hydroxylation is 1. The van der Waals surface area contributed by atoms with E-state index in [1.165, 1.54) is 22.8 Å². The van der Waals surface area contributed by atoms with Gasteiger partial charge in [0.15, 0.2) is 0 Å². The summed E-state index contributed by atoms with van der Waals surface area (Å²) in [7, 11) is 0. The van der Waals surface area contributed by atoms with E-state index in [2.05, 4.69) is 9.97 Å². The minimum Gasteiger partial charge on any atom is -0.387 e. The zero-order chi connectivity index (χ0) is 23.0. The van der Waals surface area contributed by atoms with Crippen molar-refractivity contribution in [3.05, 3.63) is 79.9 Å². The number of halogens is 4. The molecule has 6 nitrogen and oxygen atoms in total. The lowest BCUT2D eigenvalue weighted by Crippen LogP contribution is -2.40. The van der Waals surface area contributed by atoms with Gasteiger partial charge in [-0.2, -0.15) is 23.1 Å². The van der Waals surface area contributed by atoms with Crippen molar-refractivity contribution in [3.63, 3.8) is 0 Å². The van der Waals surface area contributed by atoms with E-state index in [1.807, 2.05) is 0 Å². The number of alkyl halides is 3. The van der Waals surface area contributed by atoms with E-state index in [-0.39, 0.29) is 24.9 Å². The first kappa shape index (κ1) is 22.2. The van der Waals surface area contributed by atoms with E-state index in [9.17, 15) is 27.5 Å². The number of aliphatic hydroxyl groups excluding tert-OH is 1. The monoisotopic (exact) mass is 466 g/mol. The van der Waals surface area contributed by atoms with Gasteiger partial charge in [-0.15, -0.1) is 11.3 Å². The van der Waals surface area contributed by atoms with Gasteiger partial charge < -0.3 is 10.0 Å². The number of aliphatic hydroxyl groups is 1. The average Bonchev–Trinajstić information content (AvgIpc) is 3.21. The molecule has 1 N–H and O–H groups in total. The average molecular weight is 466 g/mol. The molecule has 32 heavy (non-hydrogen) atoms. The Balaban J connectivity index is 1.54. The van der Waals surface area contributed by atoms with Gasteiger partial charge in [-0.25, -0.2) is 9.18 Å². The molecule has 0 saturated heterocycles. The first-order valence-electron chi connectivity index (χ1n) is 9.62. The molecule has 1 aliphatic rings. The Morgan fingerprint density at radius 1 is 1.16 bits per heavy atom. The molecule has 3 aromatic rings. The summed E-state index contributed by atoms with van der Waals surface area (Å²) in [6, 6.07) is 8.10. The van der Waals surface area contributed by atoms with E-state index in [1.54, 1.807) is 30.0 Å². The molecular formula is C21H18F4N4O2S. The Labute approximate surface area is 184 Å². The van der Waals surface area contributed by atoms with E-state index >= 15 is 0 Å². The number of thiophene rings is 1. The van der Waals surface area contributed by atoms with Crippen molar-refractivity contribution in [2.75, 3.05) is 18.0 Å². The number of anilines is 1. The van der Waals surface area contributed by atoms with Gasteiger partial charge >= 0.3 is 11.9 Å². The number of benzene rings is 1. The van der Waals surface area contributed by atoms with Crippen LogP contribution in [0.4, 0.5) is 23.5 Å². The smallest absolute Gasteiger partial charge is 0.387 e. The van der Waals surface area contributed by atoms with Gasteiger partial charge in [0, 0.05) is 11.4 Å². The molecule has 0 bridgehead atoms. The molecule has 0 spiro atoms. The fourth-order valence-electron chi connectivity index (χ4n) is 3.45. The third-order valence-corrected chi connectivity index (χ3v) is 6.19. The van der Waals surface area contributed by atoms with E-state index in [0.29, 0.717) is 39.7 Å². The van der Waals surface area contributed by atoms with Crippen LogP contribution in [0.5, 0.6) is 0 Å². The third-order valence-electron chi connectivity index (χ3n) is 5.08. The van der Waals surface area contributed by atoms with E-state index < -0.39 is 22.8 Å². The summed E-state index contributed by atoms with van der Waals surface area (Å²) in [5.74, 6) is 0.0482. The predicted octanol–water partition coefficient (Wildman–Crippen LogP) is 3.48. The summed E-state index contributed by atoms with van der Waals surface area (Å²) in [5, 5.41) is 10.5. The standard InChI is InChI=1S/C21H18F4N4O2S/c1-12-26-19(27-20(31)29(12)10-15-6-7-18(32-15)21(23,24)25)28-9-8-16(17(30)11-28)13-2-4-14(22)5-3-13/h2-8,17,30H,9-11H2,1H3/t17-/m1/s1. The summed E-state index contributed by atoms with van der Waals surface area (Å²) in [4.78, 5) is 22.1. The molecule has 4 rings (SSSR count). The Morgan fingerprint density at radius 3 is 2.47 bits per heavy atom. The maximum Gasteiger partial charge on any atom is 0.425 e. The highest BCUT2D eigenvalue weighted by atomic mass is 32.1. The Bertz CT molecular complexity index is 1220. The van der Waals surface area contributed by atoms with E-state index in [0.717, 1.165) is 6.07 Å². The van der Waals surface area contributed by atoms with Gasteiger partial charge in [0.05, 0.1) is 19.2 Å². The molecule has 1 aliphatic heterocycles. The second-order valence-corrected chi connectivity index (χ2v) is 8.46. The van der Waals surface area contributed by atoms with Crippen LogP contribution in [0.25, 0.3) is 5.57 Å². The number of aromatic nitrogens is 3. The lowest BCUT2D eigenvalue weighted by molar-refractivity contribution is -0.134. The zero-order valence-electron chi connectivity index (χ0n) is 16.8. The van der Waals surface area contributed by atoms with Crippen LogP contribution in [-0.4, -0.2) is 38.8 Å². The summed E-state index contributed by atoms with van der Waals surface area (Å²) in [5.41, 5.74) is 0.696. The fraction of sp³-hybridized carbons (Fsp3) is 0.286. The number of rotatable bonds is 4. The van der Waals surface area contributed by atoms with Crippen LogP contribution in [-0.2, 0) is 12.7 Å². The molecule has 0 amide bonds. The normalized spacial score (nSPS) is 16.9. The van der Waals surface area contributed by atoms with Gasteiger partial charge in [-0.3, -0.25) is 4.57 Å². The van der Waals surface area contributed by atoms with Crippen molar-refractivity contribution in [1.29, 1.82) is 0 Å². The minimum absolute atomic E-state index is 0.0665. The first-order chi connectivity index (χ1) is 15.1. The van der Waals surface area contributed by atoms with E-state index in [4.69, 9.17) is 0 Å². The number of β-amino-alcohol motifs (C(OH)–C–C–N with tert-alkyl or cyclic N) is 1. The largest absolute Gasteiger partial charge is 0.425 e. The highest BCUT2D eigenvalue weighted by molar-refractivity contribution is 7.12. The van der Waals surface area contributed by atoms with Crippen molar-refractivity contribution in [1.82, 2.24) is 14.5 Å². The molecule has 0 fully saturated rings. The fourth-order valence-corrected chi connectivity index (χ4v) is 4.32. The van der Waals surface area contributed by atoms with Crippen LogP contribution >= 0.6 is 11.3 Å². The molecule has 0 unspecified atom stereocenters. The SMILES string of the molecule is Cc1nc(N2CC=C(c3ccc(F)cc3)[C@H](O)C2)nc(=O)n1Cc1ccc(C(F)(F)F)s1. The molecule has 1 aromatic carbocycles. The topological polar surface area (TPSA) is 71.2 Å². The zero-order valence-corrected chi connectivity index (χ0v) is 17.6. The maximum atomic E-state index is 13.1. The highest BCUT2D eigenvalue weighted by Gasteiger charge is 2.32. The van der Waals surface area contributed by atoms with Crippen LogP contribution in [0.1, 0.15) is 21.1 Å². The van der Waals surface area contributed by atoms with Crippen molar-refractivity contribution < 1.29 is 22.7 Å². The molecule has 11 heteroatoms. The molecule has 0 radical (unpaired) electrons. The van der Waals surface area contributed by atoms with Gasteiger partial charge in [0.2, 0.25) is 5.95 Å². The lowest BCUT2D eigenvalue weighted by Gasteiger charge is -2.30. The highest BCUT2D eigenvalue weighted by Crippen LogP contribution is 2.34. The first-order valence-corrected chi connectivity index (χ1v) is 10.4. The Hall–Kier alpha value is -3.05. The molecule has 168 valence electrons. The number of hydrogen-bond donors (Lipinski definition) is 1. The van der Waals surface area contributed by atoms with Crippen LogP contribution in [0.2, 0.25) is 0 Å². The maximum absolute atomic E-state index is 13.1. The van der Waals surface area contributed by atoms with Crippen LogP contribution in [0, 0.1) is 12.7 Å². The lowest BCUT2D eigenvalue weighted by atomic mass is 9.97. The molecule has 0 saturated carbocycles. The summed E-state index contributed by atoms with van der Waals surface area (Å²) in [6.07, 6.45) is -3.57. The minimum atomic E-state index is -4.43. The van der Waals surface area contributed by atoms with Gasteiger partial charge in [-0.05, 0) is 42.3 Å². The molecule has 0 aliphatic carbocycles. The summed E-state index contributed by atoms with van der Waals surface area (Å²) >= 11 is 0.569. The summed E-state index contributed by atoms with van der Waals surface area (Å²) in [6.45, 7) is 1.96. The number of nitrogens with zero attached hydrogens (tertiary/aromatic N) is 4. The third kappa shape index (κ3) is 4.58. The molecule has 1 atom stereocenters. The van der Waals surface area contributed by atoms with Crippen molar-refractivity contribution in [2.24, 2.45) is 0 Å². The van der Waals surface area contributed by atoms with Crippen molar-refractivity contribution in [2.45, 2.75) is 25.7 Å². The van der Waals surface area contributed by atoms with Gasteiger partial charge in [-0.1, -0.05) is 18.2 Å². The predicted molar refractivity (Wildman–Crippen MR) is 112 cm³/mol. The van der Waals surface area contributed by atoms with Crippen molar-refractivity contribution in [3.8, 4) is 0 Å². The quantitative estimate of drug-likeness (QED) is 0.597. The second-order valence-electron chi connectivity index (χ2n) is 7.29. The van der Waals surface area contributed by atoms with Crippen molar-refractivity contribution >= 4 is 22.9 Å². The number of hydrogen-bond acceptors (Lipinski definition) is 6. The molecule has 3 heterocycles. The molecular weight excluding hydrogens is 448 g/mol. The Morgan fingerprint density at radius 2 is 1.88 bits per heavy atom. The Kier molecular flexibility index (Phi) is 5.87. The van der Waals surface area contributed by atoms with Gasteiger partial charge in [0.25, 0.3) is 0 Å². The van der Waals surface area contributed by atoms with Gasteiger partial charge in [0.1, 0.15) is 16.5 Å². The van der Waals surface area contributed by atoms with Crippen LogP contribution < -0.4 is 10.6 Å².